The second-order valence-corrected chi connectivity index (χ2v) is 4.77. The molecule has 2 aromatic carbocycles. The van der Waals surface area contributed by atoms with Crippen LogP contribution in [0.5, 0.6) is 11.5 Å². The quantitative estimate of drug-likeness (QED) is 0.743. The summed E-state index contributed by atoms with van der Waals surface area (Å²) in [6, 6.07) is 7.45. The predicted molar refractivity (Wildman–Crippen MR) is 80.6 cm³/mol. The van der Waals surface area contributed by atoms with Crippen LogP contribution in [0.25, 0.3) is 0 Å². The third-order valence-corrected chi connectivity index (χ3v) is 2.83. The first kappa shape index (κ1) is 21.3. The van der Waals surface area contributed by atoms with Gasteiger partial charge in [-0.2, -0.15) is 0 Å². The fourth-order valence-electron chi connectivity index (χ4n) is 1.34. The summed E-state index contributed by atoms with van der Waals surface area (Å²) in [5.41, 5.74) is -0.588. The monoisotopic (exact) mass is 366 g/mol. The van der Waals surface area contributed by atoms with Gasteiger partial charge in [-0.05, 0) is 36.4 Å². The number of carboxylic acids is 2. The molecule has 0 aliphatic carbocycles. The Morgan fingerprint density at radius 3 is 1.30 bits per heavy atom. The molecule has 0 unspecified atom stereocenters. The second kappa shape index (κ2) is 9.46. The molecule has 9 heteroatoms. The van der Waals surface area contributed by atoms with Crippen LogP contribution in [0, 0.1) is 0 Å². The summed E-state index contributed by atoms with van der Waals surface area (Å²) >= 11 is 10.9. The van der Waals surface area contributed by atoms with Crippen molar-refractivity contribution >= 4 is 58.2 Å². The van der Waals surface area contributed by atoms with Gasteiger partial charge < -0.3 is 30.0 Å². The van der Waals surface area contributed by atoms with E-state index in [2.05, 4.69) is 0 Å². The Kier molecular flexibility index (Phi) is 8.77. The van der Waals surface area contributed by atoms with Crippen molar-refractivity contribution in [2.24, 2.45) is 0 Å². The van der Waals surface area contributed by atoms with E-state index < -0.39 is 11.9 Å². The molecule has 0 bridgehead atoms. The van der Waals surface area contributed by atoms with Crippen molar-refractivity contribution in [1.82, 2.24) is 0 Å². The Morgan fingerprint density at radius 1 is 0.783 bits per heavy atom. The van der Waals surface area contributed by atoms with E-state index in [1.165, 1.54) is 24.3 Å². The number of hydrogen-bond donors (Lipinski definition) is 2. The molecule has 0 aromatic heterocycles. The minimum atomic E-state index is -1.44. The molecule has 0 aliphatic rings. The Morgan fingerprint density at radius 2 is 1.09 bits per heavy atom. The number of carbonyl (C=O) groups is 2. The Balaban J connectivity index is 0.000000403. The maximum atomic E-state index is 10.2. The van der Waals surface area contributed by atoms with Crippen LogP contribution in [0.2, 0.25) is 10.0 Å². The van der Waals surface area contributed by atoms with Crippen LogP contribution >= 0.6 is 23.2 Å². The first-order valence-corrected chi connectivity index (χ1v) is 6.37. The summed E-state index contributed by atoms with van der Waals surface area (Å²) in [6.07, 6.45) is 0. The van der Waals surface area contributed by atoms with Gasteiger partial charge in [0.15, 0.2) is 0 Å². The zero-order valence-electron chi connectivity index (χ0n) is 11.5. The Hall–Kier alpha value is -1.67. The number of rotatable bonds is 2. The number of aromatic hydroxyl groups is 2. The molecule has 2 aromatic rings. The van der Waals surface area contributed by atoms with Crippen molar-refractivity contribution in [3.8, 4) is 11.5 Å². The molecule has 0 radical (unpaired) electrons. The first-order chi connectivity index (χ1) is 10.2. The topological polar surface area (TPSA) is 121 Å². The molecule has 0 aliphatic heterocycles. The van der Waals surface area contributed by atoms with Gasteiger partial charge in [0.1, 0.15) is 11.5 Å². The number of carbonyl (C=O) groups excluding carboxylic acids is 2. The van der Waals surface area contributed by atoms with Gasteiger partial charge in [0.05, 0.1) is 11.9 Å². The average molecular weight is 367 g/mol. The predicted octanol–water partition coefficient (Wildman–Crippen LogP) is 0.437. The Labute approximate surface area is 157 Å². The molecule has 0 amide bonds. The number of phenols is 2. The third-order valence-electron chi connectivity index (χ3n) is 2.36. The van der Waals surface area contributed by atoms with Gasteiger partial charge in [-0.1, -0.05) is 23.2 Å². The van der Waals surface area contributed by atoms with E-state index in [9.17, 15) is 19.8 Å². The van der Waals surface area contributed by atoms with E-state index in [-0.39, 0.29) is 55.7 Å². The van der Waals surface area contributed by atoms with Crippen LogP contribution in [-0.4, -0.2) is 45.2 Å². The standard InChI is InChI=1S/2C7H5ClO3.Mg/c2*8-4-1-2-6(9)5(3-4)7(10)11;/h2*1-3,9H,(H,10,11);/q;;+2/p-2. The number of benzene rings is 2. The maximum Gasteiger partial charge on any atom is 2.00 e. The smallest absolute Gasteiger partial charge is 0.545 e. The van der Waals surface area contributed by atoms with Gasteiger partial charge in [0.25, 0.3) is 0 Å². The van der Waals surface area contributed by atoms with Gasteiger partial charge in [-0.25, -0.2) is 0 Å². The minimum absolute atomic E-state index is 0. The second-order valence-electron chi connectivity index (χ2n) is 3.90. The molecule has 2 N–H and O–H groups in total. The van der Waals surface area contributed by atoms with E-state index >= 15 is 0 Å². The van der Waals surface area contributed by atoms with Crippen molar-refractivity contribution in [2.75, 3.05) is 0 Å². The summed E-state index contributed by atoms with van der Waals surface area (Å²) in [5, 5.41) is 38.8. The van der Waals surface area contributed by atoms with Gasteiger partial charge in [-0.3, -0.25) is 0 Å². The normalized spacial score (nSPS) is 9.13. The van der Waals surface area contributed by atoms with Crippen molar-refractivity contribution in [2.45, 2.75) is 0 Å². The number of halogens is 2. The van der Waals surface area contributed by atoms with E-state index in [0.717, 1.165) is 12.1 Å². The van der Waals surface area contributed by atoms with Gasteiger partial charge >= 0.3 is 23.1 Å². The molecular weight excluding hydrogens is 359 g/mol. The van der Waals surface area contributed by atoms with Crippen molar-refractivity contribution in [3.05, 3.63) is 57.6 Å². The van der Waals surface area contributed by atoms with Gasteiger partial charge in [0.2, 0.25) is 0 Å². The molecule has 0 heterocycles. The van der Waals surface area contributed by atoms with Crippen molar-refractivity contribution in [1.29, 1.82) is 0 Å². The summed E-state index contributed by atoms with van der Waals surface area (Å²) in [4.78, 5) is 20.5. The van der Waals surface area contributed by atoms with E-state index in [1.54, 1.807) is 0 Å². The molecule has 0 saturated heterocycles. The van der Waals surface area contributed by atoms with Crippen LogP contribution in [0.1, 0.15) is 20.7 Å². The minimum Gasteiger partial charge on any atom is -0.545 e. The largest absolute Gasteiger partial charge is 2.00 e. The molecule has 0 fully saturated rings. The number of aromatic carboxylic acids is 2. The molecular formula is C14H8Cl2MgO6. The number of hydrogen-bond acceptors (Lipinski definition) is 6. The fourth-order valence-corrected chi connectivity index (χ4v) is 1.69. The van der Waals surface area contributed by atoms with Crippen LogP contribution in [0.15, 0.2) is 36.4 Å². The van der Waals surface area contributed by atoms with E-state index in [4.69, 9.17) is 33.4 Å². The summed E-state index contributed by atoms with van der Waals surface area (Å²) < 4.78 is 0. The van der Waals surface area contributed by atoms with E-state index in [1.807, 2.05) is 0 Å². The zero-order valence-corrected chi connectivity index (χ0v) is 14.4. The molecule has 23 heavy (non-hydrogen) atoms. The average Bonchev–Trinajstić information content (AvgIpc) is 2.44. The van der Waals surface area contributed by atoms with Crippen molar-refractivity contribution in [3.63, 3.8) is 0 Å². The summed E-state index contributed by atoms with van der Waals surface area (Å²) in [6.45, 7) is 0. The molecule has 2 rings (SSSR count). The maximum absolute atomic E-state index is 10.2. The third kappa shape index (κ3) is 6.53. The van der Waals surface area contributed by atoms with Gasteiger partial charge in [0, 0.05) is 21.2 Å². The first-order valence-electron chi connectivity index (χ1n) is 5.62. The fraction of sp³-hybridized carbons (Fsp3) is 0. The molecule has 0 atom stereocenters. The van der Waals surface area contributed by atoms with Crippen molar-refractivity contribution < 1.29 is 30.0 Å². The SMILES string of the molecule is O=C([O-])c1cc(Cl)ccc1O.O=C([O-])c1cc(Cl)ccc1O.[Mg+2]. The van der Waals surface area contributed by atoms with E-state index in [0.29, 0.717) is 0 Å². The van der Waals surface area contributed by atoms with Crippen LogP contribution < -0.4 is 10.2 Å². The molecule has 6 nitrogen and oxygen atoms in total. The van der Waals surface area contributed by atoms with Crippen LogP contribution in [0.4, 0.5) is 0 Å². The Bertz CT molecular complexity index is 659. The molecule has 0 spiro atoms. The van der Waals surface area contributed by atoms with Crippen LogP contribution in [-0.2, 0) is 0 Å². The molecule has 116 valence electrons. The van der Waals surface area contributed by atoms with Gasteiger partial charge in [-0.15, -0.1) is 0 Å². The van der Waals surface area contributed by atoms with Crippen LogP contribution in [0.3, 0.4) is 0 Å². The summed E-state index contributed by atoms with van der Waals surface area (Å²) in [5.74, 6) is -3.56. The number of carboxylic acid groups (broad SMARTS) is 2. The zero-order chi connectivity index (χ0) is 16.9. The molecule has 0 saturated carbocycles. The summed E-state index contributed by atoms with van der Waals surface area (Å²) in [7, 11) is 0.